The van der Waals surface area contributed by atoms with Crippen LogP contribution in [-0.2, 0) is 0 Å². The van der Waals surface area contributed by atoms with E-state index in [-0.39, 0.29) is 11.7 Å². The van der Waals surface area contributed by atoms with Crippen LogP contribution in [0.4, 0.5) is 11.4 Å². The number of rotatable bonds is 5. The molecule has 4 aromatic rings. The number of benzene rings is 3. The Balaban J connectivity index is 1.41. The van der Waals surface area contributed by atoms with Gasteiger partial charge in [0.1, 0.15) is 5.76 Å². The Bertz CT molecular complexity index is 1300. The Morgan fingerprint density at radius 3 is 2.06 bits per heavy atom. The predicted molar refractivity (Wildman–Crippen MR) is 128 cm³/mol. The molecule has 4 rings (SSSR count). The Morgan fingerprint density at radius 2 is 1.38 bits per heavy atom. The average molecular weight is 486 g/mol. The maximum Gasteiger partial charge on any atom is 0.291 e. The van der Waals surface area contributed by atoms with E-state index in [1.807, 2.05) is 0 Å². The van der Waals surface area contributed by atoms with Gasteiger partial charge in [-0.2, -0.15) is 0 Å². The van der Waals surface area contributed by atoms with Crippen LogP contribution in [0.3, 0.4) is 0 Å². The molecule has 0 radical (unpaired) electrons. The monoisotopic (exact) mass is 484 g/mol. The van der Waals surface area contributed by atoms with Crippen molar-refractivity contribution in [3.63, 3.8) is 0 Å². The Kier molecular flexibility index (Phi) is 6.51. The first-order chi connectivity index (χ1) is 15.4. The smallest absolute Gasteiger partial charge is 0.291 e. The lowest BCUT2D eigenvalue weighted by molar-refractivity contribution is 0.0995. The molecule has 1 aromatic heterocycles. The number of amides is 2. The minimum absolute atomic E-state index is 0.120. The van der Waals surface area contributed by atoms with Crippen molar-refractivity contribution in [1.82, 2.24) is 0 Å². The summed E-state index contributed by atoms with van der Waals surface area (Å²) in [5.74, 6) is -0.159. The van der Waals surface area contributed by atoms with E-state index in [4.69, 9.17) is 39.2 Å². The lowest BCUT2D eigenvalue weighted by Crippen LogP contribution is -2.12. The number of hydrogen-bond donors (Lipinski definition) is 2. The molecule has 3 aromatic carbocycles. The van der Waals surface area contributed by atoms with Crippen LogP contribution in [0.5, 0.6) is 0 Å². The molecule has 32 heavy (non-hydrogen) atoms. The number of anilines is 2. The summed E-state index contributed by atoms with van der Waals surface area (Å²) >= 11 is 18.2. The topological polar surface area (TPSA) is 71.3 Å². The zero-order valence-electron chi connectivity index (χ0n) is 16.4. The molecule has 0 saturated carbocycles. The highest BCUT2D eigenvalue weighted by Gasteiger charge is 2.15. The highest BCUT2D eigenvalue weighted by Crippen LogP contribution is 2.34. The van der Waals surface area contributed by atoms with E-state index in [0.29, 0.717) is 43.3 Å². The van der Waals surface area contributed by atoms with Crippen LogP contribution in [0.1, 0.15) is 20.9 Å². The van der Waals surface area contributed by atoms with E-state index in [9.17, 15) is 9.59 Å². The molecule has 5 nitrogen and oxygen atoms in total. The van der Waals surface area contributed by atoms with Gasteiger partial charge in [-0.05, 0) is 66.7 Å². The second kappa shape index (κ2) is 9.49. The zero-order chi connectivity index (χ0) is 22.7. The largest absolute Gasteiger partial charge is 0.451 e. The number of halogens is 3. The summed E-state index contributed by atoms with van der Waals surface area (Å²) in [6.07, 6.45) is 0. The van der Waals surface area contributed by atoms with Crippen LogP contribution in [0.2, 0.25) is 15.1 Å². The van der Waals surface area contributed by atoms with E-state index in [1.54, 1.807) is 78.9 Å². The lowest BCUT2D eigenvalue weighted by atomic mass is 10.2. The first kappa shape index (κ1) is 22.0. The van der Waals surface area contributed by atoms with Crippen LogP contribution in [0.25, 0.3) is 11.3 Å². The molecule has 0 aliphatic heterocycles. The van der Waals surface area contributed by atoms with Gasteiger partial charge in [0.15, 0.2) is 5.76 Å². The number of hydrogen-bond acceptors (Lipinski definition) is 3. The fourth-order valence-electron chi connectivity index (χ4n) is 2.96. The van der Waals surface area contributed by atoms with Crippen LogP contribution in [0, 0.1) is 0 Å². The summed E-state index contributed by atoms with van der Waals surface area (Å²) in [5.41, 5.74) is 2.15. The van der Waals surface area contributed by atoms with Crippen molar-refractivity contribution >= 4 is 58.0 Å². The van der Waals surface area contributed by atoms with Gasteiger partial charge in [0.25, 0.3) is 11.8 Å². The molecule has 0 fully saturated rings. The van der Waals surface area contributed by atoms with Crippen molar-refractivity contribution in [3.8, 4) is 11.3 Å². The summed E-state index contributed by atoms with van der Waals surface area (Å²) in [4.78, 5) is 24.9. The molecule has 2 N–H and O–H groups in total. The molecule has 0 atom stereocenters. The molecule has 2 amide bonds. The highest BCUT2D eigenvalue weighted by molar-refractivity contribution is 6.43. The standard InChI is InChI=1S/C24H15Cl3N2O3/c25-15-4-1-3-14(13-15)23(30)28-16-7-9-17(10-8-16)29-24(31)21-12-11-20(32-21)18-5-2-6-19(26)22(18)27/h1-13H,(H,28,30)(H,29,31). The molecule has 0 aliphatic rings. The maximum absolute atomic E-state index is 12.5. The third-order valence-corrected chi connectivity index (χ3v) is 5.59. The summed E-state index contributed by atoms with van der Waals surface area (Å²) in [7, 11) is 0. The first-order valence-corrected chi connectivity index (χ1v) is 10.6. The van der Waals surface area contributed by atoms with Crippen LogP contribution >= 0.6 is 34.8 Å². The van der Waals surface area contributed by atoms with E-state index >= 15 is 0 Å². The molecular formula is C24H15Cl3N2O3. The van der Waals surface area contributed by atoms with Gasteiger partial charge in [-0.15, -0.1) is 0 Å². The van der Waals surface area contributed by atoms with Crippen molar-refractivity contribution in [1.29, 1.82) is 0 Å². The molecule has 160 valence electrons. The number of carbonyl (C=O) groups is 2. The second-order valence-corrected chi connectivity index (χ2v) is 7.98. The second-order valence-electron chi connectivity index (χ2n) is 6.76. The quantitative estimate of drug-likeness (QED) is 0.309. The Hall–Kier alpha value is -3.25. The van der Waals surface area contributed by atoms with Crippen molar-refractivity contribution in [3.05, 3.63) is 105 Å². The zero-order valence-corrected chi connectivity index (χ0v) is 18.6. The van der Waals surface area contributed by atoms with Crippen molar-refractivity contribution < 1.29 is 14.0 Å². The van der Waals surface area contributed by atoms with Gasteiger partial charge >= 0.3 is 0 Å². The Morgan fingerprint density at radius 1 is 0.719 bits per heavy atom. The van der Waals surface area contributed by atoms with Gasteiger partial charge in [0, 0.05) is 27.5 Å². The minimum Gasteiger partial charge on any atom is -0.451 e. The van der Waals surface area contributed by atoms with Crippen molar-refractivity contribution in [2.75, 3.05) is 10.6 Å². The van der Waals surface area contributed by atoms with Gasteiger partial charge < -0.3 is 15.1 Å². The predicted octanol–water partition coefficient (Wildman–Crippen LogP) is 7.41. The molecule has 1 heterocycles. The minimum atomic E-state index is -0.426. The third kappa shape index (κ3) is 4.97. The van der Waals surface area contributed by atoms with Crippen molar-refractivity contribution in [2.45, 2.75) is 0 Å². The van der Waals surface area contributed by atoms with Crippen LogP contribution in [-0.4, -0.2) is 11.8 Å². The molecule has 0 aliphatic carbocycles. The number of carbonyl (C=O) groups excluding carboxylic acids is 2. The van der Waals surface area contributed by atoms with E-state index in [2.05, 4.69) is 10.6 Å². The SMILES string of the molecule is O=C(Nc1ccc(NC(=O)c2ccc(-c3cccc(Cl)c3Cl)o2)cc1)c1cccc(Cl)c1. The molecule has 0 unspecified atom stereocenters. The van der Waals surface area contributed by atoms with Gasteiger partial charge in [0.2, 0.25) is 0 Å². The van der Waals surface area contributed by atoms with Gasteiger partial charge in [-0.3, -0.25) is 9.59 Å². The number of nitrogens with one attached hydrogen (secondary N) is 2. The number of furan rings is 1. The van der Waals surface area contributed by atoms with Crippen molar-refractivity contribution in [2.24, 2.45) is 0 Å². The summed E-state index contributed by atoms with van der Waals surface area (Å²) in [5, 5.41) is 6.75. The van der Waals surface area contributed by atoms with Gasteiger partial charge in [0.05, 0.1) is 10.0 Å². The molecular weight excluding hydrogens is 471 g/mol. The van der Waals surface area contributed by atoms with Gasteiger partial charge in [-0.25, -0.2) is 0 Å². The Labute approximate surface area is 198 Å². The molecule has 0 bridgehead atoms. The normalized spacial score (nSPS) is 10.6. The van der Waals surface area contributed by atoms with E-state index < -0.39 is 5.91 Å². The molecule has 0 saturated heterocycles. The third-order valence-electron chi connectivity index (χ3n) is 4.53. The van der Waals surface area contributed by atoms with E-state index in [0.717, 1.165) is 0 Å². The van der Waals surface area contributed by atoms with Gasteiger partial charge in [-0.1, -0.05) is 46.9 Å². The fraction of sp³-hybridized carbons (Fsp3) is 0. The average Bonchev–Trinajstić information content (AvgIpc) is 3.27. The summed E-state index contributed by atoms with van der Waals surface area (Å²) < 4.78 is 5.65. The first-order valence-electron chi connectivity index (χ1n) is 9.43. The van der Waals surface area contributed by atoms with Crippen LogP contribution < -0.4 is 10.6 Å². The summed E-state index contributed by atoms with van der Waals surface area (Å²) in [6, 6.07) is 21.7. The fourth-order valence-corrected chi connectivity index (χ4v) is 3.55. The lowest BCUT2D eigenvalue weighted by Gasteiger charge is -2.08. The van der Waals surface area contributed by atoms with E-state index in [1.165, 1.54) is 0 Å². The maximum atomic E-state index is 12.5. The summed E-state index contributed by atoms with van der Waals surface area (Å²) in [6.45, 7) is 0. The molecule has 0 spiro atoms. The highest BCUT2D eigenvalue weighted by atomic mass is 35.5. The molecule has 8 heteroatoms. The van der Waals surface area contributed by atoms with Crippen LogP contribution in [0.15, 0.2) is 83.3 Å².